The van der Waals surface area contributed by atoms with Crippen LogP contribution in [0.3, 0.4) is 0 Å². The maximum atomic E-state index is 8.32. The molecule has 0 saturated carbocycles. The summed E-state index contributed by atoms with van der Waals surface area (Å²) in [7, 11) is 0. The minimum absolute atomic E-state index is 0. The molecule has 0 bridgehead atoms. The Morgan fingerprint density at radius 3 is 1.39 bits per heavy atom. The zero-order chi connectivity index (χ0) is 19.4. The second-order valence-electron chi connectivity index (χ2n) is 3.63. The van der Waals surface area contributed by atoms with Gasteiger partial charge in [-0.2, -0.15) is 0 Å². The van der Waals surface area contributed by atoms with Crippen molar-refractivity contribution in [2.45, 2.75) is 14.9 Å². The molecule has 0 aromatic rings. The summed E-state index contributed by atoms with van der Waals surface area (Å²) >= 11 is 5.34. The minimum atomic E-state index is 0. The zero-order valence-corrected chi connectivity index (χ0v) is 17.8. The van der Waals surface area contributed by atoms with E-state index in [1.165, 1.54) is 4.91 Å². The molecule has 164 valence electrons. The number of halogens is 1. The van der Waals surface area contributed by atoms with E-state index < -0.39 is 0 Å². The van der Waals surface area contributed by atoms with Gasteiger partial charge in [-0.25, -0.2) is 0 Å². The van der Waals surface area contributed by atoms with Gasteiger partial charge in [-0.15, -0.1) is 11.6 Å². The molecule has 14 heteroatoms. The van der Waals surface area contributed by atoms with E-state index in [2.05, 4.69) is 10.0 Å². The minimum Gasteiger partial charge on any atom is -0.394 e. The fourth-order valence-corrected chi connectivity index (χ4v) is 1.09. The van der Waals surface area contributed by atoms with Gasteiger partial charge in [0.15, 0.2) is 0 Å². The van der Waals surface area contributed by atoms with Gasteiger partial charge in [-0.05, 0) is 5.53 Å². The first-order valence-electron chi connectivity index (χ1n) is 7.33. The van der Waals surface area contributed by atoms with Crippen LogP contribution in [0.15, 0.2) is 5.11 Å². The molecule has 0 saturated heterocycles. The van der Waals surface area contributed by atoms with Gasteiger partial charge in [0.05, 0.1) is 66.1 Å². The van der Waals surface area contributed by atoms with E-state index in [0.29, 0.717) is 65.3 Å². The Morgan fingerprint density at radius 2 is 1.07 bits per heavy atom. The molecule has 0 amide bonds. The van der Waals surface area contributed by atoms with Crippen LogP contribution in [0.5, 0.6) is 0 Å². The molecule has 0 radical (unpaired) electrons. The monoisotopic (exact) mass is 440 g/mol. The molecule has 0 spiro atoms. The summed E-state index contributed by atoms with van der Waals surface area (Å²) in [4.78, 5) is 4.06. The van der Waals surface area contributed by atoms with Crippen LogP contribution in [0.1, 0.15) is 14.9 Å². The summed E-state index contributed by atoms with van der Waals surface area (Å²) in [5, 5.41) is 19.9. The van der Waals surface area contributed by atoms with Crippen LogP contribution >= 0.6 is 11.6 Å². The predicted octanol–water partition coefficient (Wildman–Crippen LogP) is -0.285. The Balaban J connectivity index is -0.0000000697. The van der Waals surface area contributed by atoms with E-state index in [0.717, 1.165) is 0 Å². The molecule has 12 nitrogen and oxygen atoms in total. The topological polar surface area (TPSA) is 185 Å². The Bertz CT molecular complexity index is 317. The summed E-state index contributed by atoms with van der Waals surface area (Å²) in [6, 6.07) is 0. The number of alkyl halides is 1. The number of rotatable bonds is 15. The van der Waals surface area contributed by atoms with Gasteiger partial charge in [-0.3, -0.25) is 4.91 Å². The van der Waals surface area contributed by atoms with Crippen LogP contribution in [-0.4, -0.2) is 88.7 Å². The van der Waals surface area contributed by atoms with Crippen LogP contribution in [-0.2, 0) is 18.9 Å². The van der Waals surface area contributed by atoms with Gasteiger partial charge in [0.1, 0.15) is 0 Å². The molecule has 28 heavy (non-hydrogen) atoms. The molecule has 2 N–H and O–H groups in total. The molecule has 0 aromatic heterocycles. The Labute approximate surface area is 194 Å². The summed E-state index contributed by atoms with van der Waals surface area (Å²) in [6.07, 6.45) is 0. The average molecular weight is 441 g/mol. The normalized spacial score (nSPS) is 7.96. The largest absolute Gasteiger partial charge is 1.00 e. The molecule has 0 rings (SSSR count). The third-order valence-electron chi connectivity index (χ3n) is 1.84. The first-order chi connectivity index (χ1) is 12.2. The average Bonchev–Trinajstić information content (AvgIpc) is 2.62. The Morgan fingerprint density at radius 1 is 0.714 bits per heavy atom. The Kier molecular flexibility index (Phi) is 75.5. The zero-order valence-electron chi connectivity index (χ0n) is 15.1. The van der Waals surface area contributed by atoms with Gasteiger partial charge >= 0.3 is 29.6 Å². The molecule has 0 unspecified atom stereocenters. The first-order valence-corrected chi connectivity index (χ1v) is 7.86. The standard InChI is InChI=1S/C6H13ClO3.C6H13N3O3.2CH4.N3.Na/c7-1-3-9-5-6-10-4-2-8;7-9-8-1-3-11-5-6-12-4-2-10;;;1-3-2;/h8H,1-6H2;10H,1-6H2;2*1H4;;/q;;;;-1;+1. The molecule has 0 aromatic carbocycles. The summed E-state index contributed by atoms with van der Waals surface area (Å²) in [6.45, 7) is 4.10. The molecule has 0 fully saturated rings. The van der Waals surface area contributed by atoms with Crippen molar-refractivity contribution in [3.05, 3.63) is 26.4 Å². The number of hydrogen-bond acceptors (Lipinski definition) is 7. The Hall–Kier alpha value is -0.330. The fourth-order valence-electron chi connectivity index (χ4n) is 0.978. The maximum Gasteiger partial charge on any atom is 1.00 e. The number of azide groups is 1. The number of aliphatic hydroxyl groups excluding tert-OH is 2. The second-order valence-corrected chi connectivity index (χ2v) is 4.01. The second kappa shape index (κ2) is 50.4. The summed E-state index contributed by atoms with van der Waals surface area (Å²) < 4.78 is 19.8. The quantitative estimate of drug-likeness (QED) is 0.0879. The van der Waals surface area contributed by atoms with Gasteiger partial charge < -0.3 is 40.2 Å². The third kappa shape index (κ3) is 63.6. The molecule has 0 atom stereocenters. The fraction of sp³-hybridized carbons (Fsp3) is 1.00. The van der Waals surface area contributed by atoms with Crippen LogP contribution < -0.4 is 29.6 Å². The smallest absolute Gasteiger partial charge is 0.394 e. The first kappa shape index (κ1) is 41.9. The van der Waals surface area contributed by atoms with Crippen molar-refractivity contribution < 1.29 is 58.7 Å². The van der Waals surface area contributed by atoms with E-state index in [9.17, 15) is 0 Å². The van der Waals surface area contributed by atoms with Gasteiger partial charge in [-0.1, -0.05) is 20.0 Å². The molecule has 0 aliphatic heterocycles. The van der Waals surface area contributed by atoms with Crippen molar-refractivity contribution in [1.82, 2.24) is 0 Å². The molecular weight excluding hydrogens is 407 g/mol. The van der Waals surface area contributed by atoms with Gasteiger partial charge in [0.2, 0.25) is 0 Å². The summed E-state index contributed by atoms with van der Waals surface area (Å²) in [5.41, 5.74) is 21.4. The van der Waals surface area contributed by atoms with E-state index in [1.807, 2.05) is 0 Å². The number of hydrogen-bond donors (Lipinski definition) is 2. The SMILES string of the molecule is C.C.OCCOCCOCCCl.[N-]=[N+]=NCCOCCOCCO.[N-]=[N+]=[N-].[Na+]. The molecule has 0 heterocycles. The van der Waals surface area contributed by atoms with Crippen LogP contribution in [0.2, 0.25) is 0 Å². The molecule has 0 aliphatic rings. The molecule has 0 aliphatic carbocycles. The van der Waals surface area contributed by atoms with Crippen molar-refractivity contribution >= 4 is 11.6 Å². The molecular formula is C14H34ClN6NaO6. The van der Waals surface area contributed by atoms with E-state index in [4.69, 9.17) is 57.4 Å². The van der Waals surface area contributed by atoms with Gasteiger partial charge in [0.25, 0.3) is 0 Å². The van der Waals surface area contributed by atoms with E-state index in [-0.39, 0.29) is 57.6 Å². The van der Waals surface area contributed by atoms with Crippen molar-refractivity contribution in [3.8, 4) is 0 Å². The van der Waals surface area contributed by atoms with E-state index in [1.54, 1.807) is 0 Å². The van der Waals surface area contributed by atoms with Crippen molar-refractivity contribution in [2.75, 3.05) is 78.5 Å². The van der Waals surface area contributed by atoms with E-state index >= 15 is 0 Å². The number of ether oxygens (including phenoxy) is 4. The van der Waals surface area contributed by atoms with Gasteiger partial charge in [0, 0.05) is 17.3 Å². The predicted molar refractivity (Wildman–Crippen MR) is 106 cm³/mol. The van der Waals surface area contributed by atoms with Crippen molar-refractivity contribution in [1.29, 1.82) is 0 Å². The summed E-state index contributed by atoms with van der Waals surface area (Å²) in [5.74, 6) is 0.514. The maximum absolute atomic E-state index is 8.32. The van der Waals surface area contributed by atoms with Crippen LogP contribution in [0.4, 0.5) is 0 Å². The van der Waals surface area contributed by atoms with Crippen molar-refractivity contribution in [3.63, 3.8) is 0 Å². The van der Waals surface area contributed by atoms with Crippen LogP contribution in [0.25, 0.3) is 26.4 Å². The number of aliphatic hydroxyl groups is 2. The number of nitrogens with zero attached hydrogens (tertiary/aromatic N) is 6. The van der Waals surface area contributed by atoms with Crippen LogP contribution in [0, 0.1) is 0 Å². The third-order valence-corrected chi connectivity index (χ3v) is 1.99. The van der Waals surface area contributed by atoms with Crippen molar-refractivity contribution in [2.24, 2.45) is 5.11 Å².